The monoisotopic (exact) mass is 524 g/mol. The van der Waals surface area contributed by atoms with Gasteiger partial charge in [0.1, 0.15) is 13.2 Å². The average molecular weight is 524 g/mol. The summed E-state index contributed by atoms with van der Waals surface area (Å²) >= 11 is 0. The van der Waals surface area contributed by atoms with Gasteiger partial charge in [-0.25, -0.2) is 19.2 Å². The van der Waals surface area contributed by atoms with Gasteiger partial charge in [0.2, 0.25) is 0 Å². The molecule has 0 heterocycles. The van der Waals surface area contributed by atoms with Gasteiger partial charge in [-0.3, -0.25) is 20.2 Å². The molecule has 2 N–H and O–H groups in total. The second-order valence-electron chi connectivity index (χ2n) is 7.48. The van der Waals surface area contributed by atoms with E-state index in [1.54, 1.807) is 0 Å². The fraction of sp³-hybridized carbons (Fsp3) is 0.0833. The molecule has 0 aliphatic carbocycles. The molecule has 0 unspecified atom stereocenters. The Labute approximate surface area is 212 Å². The number of para-hydroxylation sites is 2. The molecule has 3 aromatic carbocycles. The molecule has 0 saturated carbocycles. The van der Waals surface area contributed by atoms with Crippen LogP contribution in [-0.4, -0.2) is 43.9 Å². The molecule has 0 amide bonds. The number of nitro benzene ring substituents is 2. The van der Waals surface area contributed by atoms with Crippen LogP contribution >= 0.6 is 0 Å². The summed E-state index contributed by atoms with van der Waals surface area (Å²) < 4.78 is 10.1. The molecule has 0 fully saturated rings. The lowest BCUT2D eigenvalue weighted by molar-refractivity contribution is -0.386. The number of aromatic carboxylic acids is 2. The molecule has 0 bridgehead atoms. The maximum absolute atomic E-state index is 12.9. The Morgan fingerprint density at radius 1 is 0.632 bits per heavy atom. The van der Waals surface area contributed by atoms with E-state index in [1.807, 2.05) is 0 Å². The van der Waals surface area contributed by atoms with E-state index in [4.69, 9.17) is 9.47 Å². The van der Waals surface area contributed by atoms with Crippen LogP contribution in [0.15, 0.2) is 60.7 Å². The Morgan fingerprint density at radius 2 is 0.974 bits per heavy atom. The molecule has 0 aromatic heterocycles. The molecule has 0 aliphatic heterocycles. The summed E-state index contributed by atoms with van der Waals surface area (Å²) in [5.41, 5.74) is -3.82. The third-order valence-electron chi connectivity index (χ3n) is 5.15. The number of hydrogen-bond donors (Lipinski definition) is 2. The standard InChI is InChI=1S/C24H16N2O12/c27-21(28)15-9-17(23(31)37-11-13-5-1-3-7-19(13)25(33)34)18(10-16(15)22(29)30)24(32)38-12-14-6-2-4-8-20(14)26(35)36/h1-10H,11-12H2,(H,27,28)(H,29,30). The Bertz CT molecular complexity index is 1370. The fourth-order valence-corrected chi connectivity index (χ4v) is 3.36. The third kappa shape index (κ3) is 5.93. The van der Waals surface area contributed by atoms with Crippen LogP contribution in [0.25, 0.3) is 0 Å². The molecular weight excluding hydrogens is 508 g/mol. The lowest BCUT2D eigenvalue weighted by Crippen LogP contribution is -2.19. The van der Waals surface area contributed by atoms with Crippen molar-refractivity contribution in [3.8, 4) is 0 Å². The van der Waals surface area contributed by atoms with Gasteiger partial charge in [-0.1, -0.05) is 24.3 Å². The van der Waals surface area contributed by atoms with Crippen molar-refractivity contribution in [1.82, 2.24) is 0 Å². The van der Waals surface area contributed by atoms with Crippen LogP contribution < -0.4 is 0 Å². The summed E-state index contributed by atoms with van der Waals surface area (Å²) in [6, 6.07) is 11.8. The molecule has 0 aliphatic rings. The van der Waals surface area contributed by atoms with Gasteiger partial charge in [-0.05, 0) is 24.3 Å². The van der Waals surface area contributed by atoms with Crippen molar-refractivity contribution >= 4 is 35.3 Å². The van der Waals surface area contributed by atoms with Crippen LogP contribution in [-0.2, 0) is 22.7 Å². The average Bonchev–Trinajstić information content (AvgIpc) is 2.89. The minimum absolute atomic E-state index is 0.00743. The number of nitrogens with zero attached hydrogens (tertiary/aromatic N) is 2. The molecule has 0 atom stereocenters. The van der Waals surface area contributed by atoms with Crippen molar-refractivity contribution in [2.75, 3.05) is 0 Å². The summed E-state index contributed by atoms with van der Waals surface area (Å²) in [6.07, 6.45) is 0. The van der Waals surface area contributed by atoms with Gasteiger partial charge < -0.3 is 19.7 Å². The summed E-state index contributed by atoms with van der Waals surface area (Å²) in [7, 11) is 0. The molecule has 0 spiro atoms. The van der Waals surface area contributed by atoms with Gasteiger partial charge in [0.15, 0.2) is 0 Å². The number of carbonyl (C=O) groups excluding carboxylic acids is 2. The maximum atomic E-state index is 12.9. The zero-order chi connectivity index (χ0) is 28.0. The van der Waals surface area contributed by atoms with Crippen LogP contribution in [0.5, 0.6) is 0 Å². The van der Waals surface area contributed by atoms with Gasteiger partial charge in [-0.2, -0.15) is 0 Å². The molecule has 194 valence electrons. The number of rotatable bonds is 10. The highest BCUT2D eigenvalue weighted by molar-refractivity contribution is 6.09. The van der Waals surface area contributed by atoms with E-state index < -0.39 is 69.2 Å². The van der Waals surface area contributed by atoms with Gasteiger partial charge in [0, 0.05) is 12.1 Å². The van der Waals surface area contributed by atoms with E-state index in [-0.39, 0.29) is 22.5 Å². The minimum Gasteiger partial charge on any atom is -0.478 e. The van der Waals surface area contributed by atoms with Gasteiger partial charge in [0.25, 0.3) is 11.4 Å². The van der Waals surface area contributed by atoms with Gasteiger partial charge in [-0.15, -0.1) is 0 Å². The molecule has 14 nitrogen and oxygen atoms in total. The first-order chi connectivity index (χ1) is 18.0. The predicted octanol–water partition coefficient (Wildman–Crippen LogP) is 3.61. The Hall–Kier alpha value is -5.66. The maximum Gasteiger partial charge on any atom is 0.339 e. The molecule has 3 aromatic rings. The summed E-state index contributed by atoms with van der Waals surface area (Å²) in [5, 5.41) is 41.2. The quantitative estimate of drug-likeness (QED) is 0.221. The van der Waals surface area contributed by atoms with Gasteiger partial charge >= 0.3 is 23.9 Å². The lowest BCUT2D eigenvalue weighted by atomic mass is 9.98. The van der Waals surface area contributed by atoms with E-state index in [2.05, 4.69) is 0 Å². The largest absolute Gasteiger partial charge is 0.478 e. The van der Waals surface area contributed by atoms with Crippen LogP contribution in [0.3, 0.4) is 0 Å². The van der Waals surface area contributed by atoms with E-state index >= 15 is 0 Å². The minimum atomic E-state index is -1.73. The van der Waals surface area contributed by atoms with Crippen LogP contribution in [0.1, 0.15) is 52.6 Å². The van der Waals surface area contributed by atoms with Crippen molar-refractivity contribution in [3.63, 3.8) is 0 Å². The van der Waals surface area contributed by atoms with Crippen molar-refractivity contribution in [2.24, 2.45) is 0 Å². The van der Waals surface area contributed by atoms with Crippen LogP contribution in [0.2, 0.25) is 0 Å². The molecule has 38 heavy (non-hydrogen) atoms. The molecule has 0 radical (unpaired) electrons. The Balaban J connectivity index is 1.98. The smallest absolute Gasteiger partial charge is 0.339 e. The van der Waals surface area contributed by atoms with Crippen LogP contribution in [0, 0.1) is 20.2 Å². The first kappa shape index (κ1) is 26.9. The Kier molecular flexibility index (Phi) is 8.07. The third-order valence-corrected chi connectivity index (χ3v) is 5.15. The first-order valence-electron chi connectivity index (χ1n) is 10.4. The highest BCUT2D eigenvalue weighted by Crippen LogP contribution is 2.24. The van der Waals surface area contributed by atoms with Crippen molar-refractivity contribution in [3.05, 3.63) is 114 Å². The highest BCUT2D eigenvalue weighted by atomic mass is 16.6. The zero-order valence-corrected chi connectivity index (χ0v) is 19.1. The van der Waals surface area contributed by atoms with E-state index in [0.717, 1.165) is 0 Å². The number of ether oxygens (including phenoxy) is 2. The molecule has 14 heteroatoms. The first-order valence-corrected chi connectivity index (χ1v) is 10.4. The SMILES string of the molecule is O=C(O)c1cc(C(=O)OCc2ccccc2[N+](=O)[O-])c(C(=O)OCc2ccccc2[N+](=O)[O-])cc1C(=O)O. The normalized spacial score (nSPS) is 10.3. The van der Waals surface area contributed by atoms with Crippen molar-refractivity contribution < 1.29 is 48.7 Å². The number of carboxylic acids is 2. The number of nitro groups is 2. The molecular formula is C24H16N2O12. The highest BCUT2D eigenvalue weighted by Gasteiger charge is 2.28. The van der Waals surface area contributed by atoms with Gasteiger partial charge in [0.05, 0.1) is 43.2 Å². The number of esters is 2. The number of carbonyl (C=O) groups is 4. The lowest BCUT2D eigenvalue weighted by Gasteiger charge is -2.13. The fourth-order valence-electron chi connectivity index (χ4n) is 3.36. The van der Waals surface area contributed by atoms with E-state index in [9.17, 15) is 49.6 Å². The predicted molar refractivity (Wildman–Crippen MR) is 125 cm³/mol. The number of carboxylic acid groups (broad SMARTS) is 2. The Morgan fingerprint density at radius 3 is 1.29 bits per heavy atom. The van der Waals surface area contributed by atoms with Crippen LogP contribution in [0.4, 0.5) is 11.4 Å². The number of hydrogen-bond acceptors (Lipinski definition) is 10. The van der Waals surface area contributed by atoms with E-state index in [1.165, 1.54) is 48.5 Å². The topological polar surface area (TPSA) is 213 Å². The molecule has 0 saturated heterocycles. The summed E-state index contributed by atoms with van der Waals surface area (Å²) in [4.78, 5) is 70.0. The van der Waals surface area contributed by atoms with Crippen molar-refractivity contribution in [2.45, 2.75) is 13.2 Å². The van der Waals surface area contributed by atoms with Crippen molar-refractivity contribution in [1.29, 1.82) is 0 Å². The zero-order valence-electron chi connectivity index (χ0n) is 19.1. The second kappa shape index (κ2) is 11.4. The summed E-state index contributed by atoms with van der Waals surface area (Å²) in [5.74, 6) is -6.06. The molecule has 3 rings (SSSR count). The number of benzene rings is 3. The second-order valence-corrected chi connectivity index (χ2v) is 7.48. The summed E-state index contributed by atoms with van der Waals surface area (Å²) in [6.45, 7) is -1.27. The van der Waals surface area contributed by atoms with E-state index in [0.29, 0.717) is 12.1 Å².